The Morgan fingerprint density at radius 2 is 1.73 bits per heavy atom. The molecule has 2 aromatic rings. The normalized spacial score (nSPS) is 16.4. The number of hydrogen-bond donors (Lipinski definition) is 1. The first-order valence-corrected chi connectivity index (χ1v) is 9.27. The highest BCUT2D eigenvalue weighted by molar-refractivity contribution is 5.95. The molecule has 0 bridgehead atoms. The third kappa shape index (κ3) is 3.69. The lowest BCUT2D eigenvalue weighted by Crippen LogP contribution is -2.28. The van der Waals surface area contributed by atoms with Crippen LogP contribution in [-0.2, 0) is 6.54 Å². The second-order valence-corrected chi connectivity index (χ2v) is 7.12. The highest BCUT2D eigenvalue weighted by Gasteiger charge is 2.32. The molecule has 1 N–H and O–H groups in total. The van der Waals surface area contributed by atoms with Crippen LogP contribution in [0.15, 0.2) is 24.3 Å². The number of aromatic nitrogens is 2. The van der Waals surface area contributed by atoms with Gasteiger partial charge in [0.2, 0.25) is 0 Å². The van der Waals surface area contributed by atoms with Gasteiger partial charge in [0.05, 0.1) is 26.5 Å². The molecule has 1 heterocycles. The number of amides is 1. The van der Waals surface area contributed by atoms with Crippen LogP contribution in [-0.4, -0.2) is 36.5 Å². The van der Waals surface area contributed by atoms with Crippen molar-refractivity contribution in [3.05, 3.63) is 41.2 Å². The summed E-state index contributed by atoms with van der Waals surface area (Å²) >= 11 is 0. The second kappa shape index (κ2) is 7.02. The minimum atomic E-state index is -0.134. The van der Waals surface area contributed by atoms with Gasteiger partial charge in [-0.15, -0.1) is 0 Å². The summed E-state index contributed by atoms with van der Waals surface area (Å²) in [7, 11) is 3.15. The van der Waals surface area contributed by atoms with Crippen molar-refractivity contribution >= 4 is 5.91 Å². The fraction of sp³-hybridized carbons (Fsp3) is 0.500. The first-order valence-electron chi connectivity index (χ1n) is 9.27. The van der Waals surface area contributed by atoms with Gasteiger partial charge in [-0.05, 0) is 43.9 Å². The Kier molecular flexibility index (Phi) is 4.57. The van der Waals surface area contributed by atoms with E-state index in [4.69, 9.17) is 14.6 Å². The maximum absolute atomic E-state index is 12.5. The third-order valence-electron chi connectivity index (χ3n) is 5.04. The number of hydrogen-bond acceptors (Lipinski definition) is 4. The van der Waals surface area contributed by atoms with Crippen molar-refractivity contribution in [3.8, 4) is 11.5 Å². The van der Waals surface area contributed by atoms with Crippen molar-refractivity contribution in [2.45, 2.75) is 44.1 Å². The molecular weight excluding hydrogens is 330 g/mol. The highest BCUT2D eigenvalue weighted by Crippen LogP contribution is 2.44. The van der Waals surface area contributed by atoms with Gasteiger partial charge in [0, 0.05) is 35.7 Å². The van der Waals surface area contributed by atoms with E-state index in [0.717, 1.165) is 0 Å². The fourth-order valence-corrected chi connectivity index (χ4v) is 3.23. The lowest BCUT2D eigenvalue weighted by Gasteiger charge is -2.10. The molecule has 2 saturated carbocycles. The Labute approximate surface area is 153 Å². The zero-order valence-electron chi connectivity index (χ0n) is 15.3. The quantitative estimate of drug-likeness (QED) is 0.790. The molecule has 0 aliphatic heterocycles. The fourth-order valence-electron chi connectivity index (χ4n) is 3.23. The molecule has 0 spiro atoms. The van der Waals surface area contributed by atoms with Crippen molar-refractivity contribution in [1.29, 1.82) is 0 Å². The molecule has 2 aliphatic rings. The van der Waals surface area contributed by atoms with Crippen LogP contribution in [0.5, 0.6) is 11.5 Å². The van der Waals surface area contributed by atoms with Gasteiger partial charge in [0.1, 0.15) is 11.5 Å². The van der Waals surface area contributed by atoms with Gasteiger partial charge in [0.25, 0.3) is 5.91 Å². The summed E-state index contributed by atoms with van der Waals surface area (Å²) in [5.41, 5.74) is 3.10. The van der Waals surface area contributed by atoms with Crippen molar-refractivity contribution in [3.63, 3.8) is 0 Å². The summed E-state index contributed by atoms with van der Waals surface area (Å²) in [6.45, 7) is 1.25. The summed E-state index contributed by atoms with van der Waals surface area (Å²) in [6, 6.07) is 7.46. The van der Waals surface area contributed by atoms with E-state index in [-0.39, 0.29) is 5.91 Å². The molecule has 1 aromatic carbocycles. The predicted molar refractivity (Wildman–Crippen MR) is 98.1 cm³/mol. The monoisotopic (exact) mass is 355 g/mol. The van der Waals surface area contributed by atoms with Crippen LogP contribution in [0.2, 0.25) is 0 Å². The van der Waals surface area contributed by atoms with Crippen LogP contribution in [0.4, 0.5) is 0 Å². The number of carbonyl (C=O) groups is 1. The van der Waals surface area contributed by atoms with Crippen molar-refractivity contribution in [1.82, 2.24) is 15.1 Å². The molecule has 4 rings (SSSR count). The van der Waals surface area contributed by atoms with Crippen LogP contribution in [0.3, 0.4) is 0 Å². The van der Waals surface area contributed by atoms with E-state index in [1.54, 1.807) is 32.4 Å². The van der Waals surface area contributed by atoms with Crippen molar-refractivity contribution in [2.75, 3.05) is 20.8 Å². The maximum atomic E-state index is 12.5. The largest absolute Gasteiger partial charge is 0.497 e. The molecule has 2 fully saturated rings. The molecule has 26 heavy (non-hydrogen) atoms. The van der Waals surface area contributed by atoms with Gasteiger partial charge in [-0.2, -0.15) is 5.10 Å². The minimum absolute atomic E-state index is 0.134. The molecule has 6 nitrogen and oxygen atoms in total. The van der Waals surface area contributed by atoms with Crippen LogP contribution >= 0.6 is 0 Å². The molecule has 0 saturated heterocycles. The van der Waals surface area contributed by atoms with E-state index in [9.17, 15) is 4.79 Å². The number of rotatable bonds is 8. The molecule has 138 valence electrons. The van der Waals surface area contributed by atoms with Crippen LogP contribution < -0.4 is 14.8 Å². The summed E-state index contributed by atoms with van der Waals surface area (Å²) < 4.78 is 12.5. The topological polar surface area (TPSA) is 65.4 Å². The highest BCUT2D eigenvalue weighted by atomic mass is 16.5. The molecular formula is C20H25N3O3. The first kappa shape index (κ1) is 16.9. The summed E-state index contributed by atoms with van der Waals surface area (Å²) in [5, 5.41) is 7.76. The van der Waals surface area contributed by atoms with E-state index in [1.165, 1.54) is 37.1 Å². The second-order valence-electron chi connectivity index (χ2n) is 7.12. The minimum Gasteiger partial charge on any atom is -0.497 e. The third-order valence-corrected chi connectivity index (χ3v) is 5.04. The summed E-state index contributed by atoms with van der Waals surface area (Å²) in [4.78, 5) is 12.5. The molecule has 1 aromatic heterocycles. The number of nitrogens with zero attached hydrogens (tertiary/aromatic N) is 2. The van der Waals surface area contributed by atoms with Gasteiger partial charge >= 0.3 is 0 Å². The van der Waals surface area contributed by atoms with Gasteiger partial charge in [-0.3, -0.25) is 9.48 Å². The lowest BCUT2D eigenvalue weighted by atomic mass is 10.2. The Balaban J connectivity index is 1.39. The van der Waals surface area contributed by atoms with Crippen LogP contribution in [0.1, 0.15) is 59.3 Å². The Morgan fingerprint density at radius 3 is 2.31 bits per heavy atom. The van der Waals surface area contributed by atoms with E-state index >= 15 is 0 Å². The Hall–Kier alpha value is -2.50. The van der Waals surface area contributed by atoms with Gasteiger partial charge in [-0.1, -0.05) is 0 Å². The summed E-state index contributed by atoms with van der Waals surface area (Å²) in [5.74, 6) is 2.39. The number of nitrogens with one attached hydrogen (secondary N) is 1. The maximum Gasteiger partial charge on any atom is 0.251 e. The van der Waals surface area contributed by atoms with Crippen molar-refractivity contribution < 1.29 is 14.3 Å². The van der Waals surface area contributed by atoms with E-state index in [1.807, 2.05) is 0 Å². The molecule has 0 unspecified atom stereocenters. The number of ether oxygens (including phenoxy) is 2. The number of benzene rings is 1. The van der Waals surface area contributed by atoms with Crippen LogP contribution in [0.25, 0.3) is 0 Å². The number of methoxy groups -OCH3 is 2. The molecule has 1 amide bonds. The SMILES string of the molecule is COc1cc(OC)cc(C(=O)NCCn2nc(C3CC3)cc2C2CC2)c1. The average molecular weight is 355 g/mol. The van der Waals surface area contributed by atoms with Gasteiger partial charge < -0.3 is 14.8 Å². The van der Waals surface area contributed by atoms with Crippen molar-refractivity contribution in [2.24, 2.45) is 0 Å². The van der Waals surface area contributed by atoms with Gasteiger partial charge in [-0.25, -0.2) is 0 Å². The Morgan fingerprint density at radius 1 is 1.08 bits per heavy atom. The zero-order chi connectivity index (χ0) is 18.1. The van der Waals surface area contributed by atoms with E-state index in [0.29, 0.717) is 42.0 Å². The predicted octanol–water partition coefficient (Wildman–Crippen LogP) is 3.09. The molecule has 0 atom stereocenters. The zero-order valence-corrected chi connectivity index (χ0v) is 15.3. The Bertz CT molecular complexity index is 784. The standard InChI is InChI=1S/C20H25N3O3/c1-25-16-9-15(10-17(11-16)26-2)20(24)21-7-8-23-19(14-5-6-14)12-18(22-23)13-3-4-13/h9-14H,3-8H2,1-2H3,(H,21,24). The van der Waals surface area contributed by atoms with Crippen LogP contribution in [0, 0.1) is 0 Å². The van der Waals surface area contributed by atoms with Gasteiger partial charge in [0.15, 0.2) is 0 Å². The van der Waals surface area contributed by atoms with E-state index in [2.05, 4.69) is 16.1 Å². The van der Waals surface area contributed by atoms with E-state index < -0.39 is 0 Å². The smallest absolute Gasteiger partial charge is 0.251 e. The summed E-state index contributed by atoms with van der Waals surface area (Å²) in [6.07, 6.45) is 5.03. The molecule has 6 heteroatoms. The average Bonchev–Trinajstić information content (AvgIpc) is 3.59. The lowest BCUT2D eigenvalue weighted by molar-refractivity contribution is 0.0951. The molecule has 2 aliphatic carbocycles. The number of carbonyl (C=O) groups excluding carboxylic acids is 1. The first-order chi connectivity index (χ1) is 12.7. The molecule has 0 radical (unpaired) electrons.